The van der Waals surface area contributed by atoms with Crippen LogP contribution >= 0.6 is 0 Å². The molecule has 0 saturated carbocycles. The topological polar surface area (TPSA) is 58.6 Å². The number of hydrogen-bond donors (Lipinski definition) is 1. The average molecular weight is 296 g/mol. The van der Waals surface area contributed by atoms with E-state index in [9.17, 15) is 18.4 Å². The molecule has 0 unspecified atom stereocenters. The van der Waals surface area contributed by atoms with E-state index in [0.29, 0.717) is 11.8 Å². The molecule has 0 bridgehead atoms. The highest BCUT2D eigenvalue weighted by atomic mass is 19.1. The van der Waals surface area contributed by atoms with Crippen molar-refractivity contribution < 1.29 is 23.1 Å². The maximum absolute atomic E-state index is 13.9. The minimum Gasteiger partial charge on any atom is -0.466 e. The molecule has 0 aliphatic carbocycles. The van der Waals surface area contributed by atoms with Crippen LogP contribution in [0.3, 0.4) is 0 Å². The van der Waals surface area contributed by atoms with Crippen molar-refractivity contribution in [2.45, 2.75) is 13.0 Å². The number of carbonyl (C=O) groups excluding carboxylic acids is 2. The second kappa shape index (κ2) is 5.51. The lowest BCUT2D eigenvalue weighted by Crippen LogP contribution is -2.46. The van der Waals surface area contributed by atoms with Crippen LogP contribution in [0.2, 0.25) is 0 Å². The van der Waals surface area contributed by atoms with Crippen LogP contribution in [0.4, 0.5) is 13.6 Å². The minimum atomic E-state index is -1.03. The van der Waals surface area contributed by atoms with Crippen LogP contribution in [0.25, 0.3) is 0 Å². The third kappa shape index (κ3) is 2.58. The van der Waals surface area contributed by atoms with Crippen molar-refractivity contribution in [1.29, 1.82) is 0 Å². The number of urea groups is 1. The van der Waals surface area contributed by atoms with E-state index in [1.165, 1.54) is 25.1 Å². The molecule has 0 aromatic heterocycles. The lowest BCUT2D eigenvalue weighted by atomic mass is 9.94. The third-order valence-electron chi connectivity index (χ3n) is 3.43. The molecule has 0 saturated heterocycles. The number of halogens is 2. The highest BCUT2D eigenvalue weighted by Crippen LogP contribution is 2.32. The Balaban J connectivity index is 2.59. The van der Waals surface area contributed by atoms with Crippen LogP contribution in [0.15, 0.2) is 29.5 Å². The maximum Gasteiger partial charge on any atom is 0.337 e. The molecule has 0 spiro atoms. The van der Waals surface area contributed by atoms with E-state index < -0.39 is 29.7 Å². The highest BCUT2D eigenvalue weighted by molar-refractivity contribution is 5.94. The van der Waals surface area contributed by atoms with Gasteiger partial charge in [-0.25, -0.2) is 18.4 Å². The van der Waals surface area contributed by atoms with Crippen LogP contribution in [0.5, 0.6) is 0 Å². The molecule has 2 rings (SSSR count). The van der Waals surface area contributed by atoms with Gasteiger partial charge in [0.2, 0.25) is 0 Å². The van der Waals surface area contributed by atoms with Gasteiger partial charge >= 0.3 is 12.0 Å². The van der Waals surface area contributed by atoms with Gasteiger partial charge in [0.05, 0.1) is 18.7 Å². The molecular weight excluding hydrogens is 282 g/mol. The fraction of sp³-hybridized carbons (Fsp3) is 0.286. The van der Waals surface area contributed by atoms with E-state index in [-0.39, 0.29) is 11.1 Å². The molecule has 1 N–H and O–H groups in total. The van der Waals surface area contributed by atoms with Crippen molar-refractivity contribution in [1.82, 2.24) is 10.2 Å². The Hall–Kier alpha value is -2.44. The number of carbonyl (C=O) groups is 2. The molecule has 1 aliphatic rings. The fourth-order valence-corrected chi connectivity index (χ4v) is 2.18. The predicted molar refractivity (Wildman–Crippen MR) is 70.1 cm³/mol. The molecule has 1 aromatic carbocycles. The second-order valence-electron chi connectivity index (χ2n) is 4.60. The van der Waals surface area contributed by atoms with E-state index in [2.05, 4.69) is 10.1 Å². The SMILES string of the molecule is COC(=O)C1=C(C)N(C)C(=O)N[C@@H]1c1ccc(F)cc1F. The van der Waals surface area contributed by atoms with Crippen molar-refractivity contribution in [2.24, 2.45) is 0 Å². The van der Waals surface area contributed by atoms with E-state index in [1.807, 2.05) is 0 Å². The minimum absolute atomic E-state index is 0.00222. The van der Waals surface area contributed by atoms with Crippen molar-refractivity contribution in [3.05, 3.63) is 46.7 Å². The van der Waals surface area contributed by atoms with E-state index in [0.717, 1.165) is 6.07 Å². The monoisotopic (exact) mass is 296 g/mol. The molecule has 5 nitrogen and oxygen atoms in total. The Morgan fingerprint density at radius 2 is 2.05 bits per heavy atom. The average Bonchev–Trinajstić information content (AvgIpc) is 2.44. The van der Waals surface area contributed by atoms with Gasteiger partial charge in [-0.3, -0.25) is 0 Å². The van der Waals surface area contributed by atoms with E-state index >= 15 is 0 Å². The zero-order chi connectivity index (χ0) is 15.7. The first-order valence-electron chi connectivity index (χ1n) is 6.15. The second-order valence-corrected chi connectivity index (χ2v) is 4.60. The largest absolute Gasteiger partial charge is 0.466 e. The van der Waals surface area contributed by atoms with Crippen LogP contribution in [-0.2, 0) is 9.53 Å². The van der Waals surface area contributed by atoms with Gasteiger partial charge in [-0.05, 0) is 13.0 Å². The van der Waals surface area contributed by atoms with Gasteiger partial charge < -0.3 is 15.0 Å². The number of nitrogens with zero attached hydrogens (tertiary/aromatic N) is 1. The number of nitrogens with one attached hydrogen (secondary N) is 1. The summed E-state index contributed by atoms with van der Waals surface area (Å²) < 4.78 is 31.6. The van der Waals surface area contributed by atoms with Gasteiger partial charge in [0.1, 0.15) is 11.6 Å². The first-order valence-corrected chi connectivity index (χ1v) is 6.15. The van der Waals surface area contributed by atoms with Crippen molar-refractivity contribution in [3.8, 4) is 0 Å². The molecular formula is C14H14F2N2O3. The molecule has 112 valence electrons. The quantitative estimate of drug-likeness (QED) is 0.850. The normalized spacial score (nSPS) is 18.6. The molecule has 2 amide bonds. The maximum atomic E-state index is 13.9. The Kier molecular flexibility index (Phi) is 3.93. The number of rotatable bonds is 2. The lowest BCUT2D eigenvalue weighted by molar-refractivity contribution is -0.136. The zero-order valence-electron chi connectivity index (χ0n) is 11.7. The van der Waals surface area contributed by atoms with E-state index in [4.69, 9.17) is 0 Å². The summed E-state index contributed by atoms with van der Waals surface area (Å²) in [5, 5.41) is 2.50. The Labute approximate surface area is 120 Å². The molecule has 1 aromatic rings. The molecule has 1 aliphatic heterocycles. The van der Waals surface area contributed by atoms with Crippen LogP contribution in [0.1, 0.15) is 18.5 Å². The summed E-state index contributed by atoms with van der Waals surface area (Å²) in [5.41, 5.74) is 0.446. The third-order valence-corrected chi connectivity index (χ3v) is 3.43. The highest BCUT2D eigenvalue weighted by Gasteiger charge is 2.36. The summed E-state index contributed by atoms with van der Waals surface area (Å²) in [6.45, 7) is 1.55. The molecule has 1 atom stereocenters. The number of methoxy groups -OCH3 is 1. The Bertz CT molecular complexity index is 643. The fourth-order valence-electron chi connectivity index (χ4n) is 2.18. The van der Waals surface area contributed by atoms with Gasteiger partial charge in [0.15, 0.2) is 0 Å². The molecule has 21 heavy (non-hydrogen) atoms. The van der Waals surface area contributed by atoms with Crippen molar-refractivity contribution in [3.63, 3.8) is 0 Å². The zero-order valence-corrected chi connectivity index (χ0v) is 11.7. The summed E-state index contributed by atoms with van der Waals surface area (Å²) >= 11 is 0. The number of hydrogen-bond acceptors (Lipinski definition) is 3. The Morgan fingerprint density at radius 3 is 2.62 bits per heavy atom. The number of benzene rings is 1. The van der Waals surface area contributed by atoms with Gasteiger partial charge in [-0.1, -0.05) is 6.07 Å². The van der Waals surface area contributed by atoms with Gasteiger partial charge in [0.25, 0.3) is 0 Å². The number of amides is 2. The van der Waals surface area contributed by atoms with Crippen LogP contribution < -0.4 is 5.32 Å². The molecule has 1 heterocycles. The standard InChI is InChI=1S/C14H14F2N2O3/c1-7-11(13(19)21-3)12(17-14(20)18(7)2)9-5-4-8(15)6-10(9)16/h4-6,12H,1-3H3,(H,17,20)/t12-/m1/s1. The lowest BCUT2D eigenvalue weighted by Gasteiger charge is -2.33. The smallest absolute Gasteiger partial charge is 0.337 e. The van der Waals surface area contributed by atoms with Crippen molar-refractivity contribution >= 4 is 12.0 Å². The summed E-state index contributed by atoms with van der Waals surface area (Å²) in [4.78, 5) is 25.0. The molecule has 0 fully saturated rings. The number of ether oxygens (including phenoxy) is 1. The van der Waals surface area contributed by atoms with Crippen molar-refractivity contribution in [2.75, 3.05) is 14.2 Å². The summed E-state index contributed by atoms with van der Waals surface area (Å²) in [7, 11) is 2.67. The first-order chi connectivity index (χ1) is 9.86. The summed E-state index contributed by atoms with van der Waals surface area (Å²) in [6, 6.07) is 1.43. The first kappa shape index (κ1) is 15.0. The summed E-state index contributed by atoms with van der Waals surface area (Å²) in [6.07, 6.45) is 0. The Morgan fingerprint density at radius 1 is 1.38 bits per heavy atom. The number of allylic oxidation sites excluding steroid dienone is 1. The van der Waals surface area contributed by atoms with Gasteiger partial charge in [0, 0.05) is 24.4 Å². The van der Waals surface area contributed by atoms with Gasteiger partial charge in [-0.15, -0.1) is 0 Å². The van der Waals surface area contributed by atoms with E-state index in [1.54, 1.807) is 6.92 Å². The van der Waals surface area contributed by atoms with Gasteiger partial charge in [-0.2, -0.15) is 0 Å². The molecule has 0 radical (unpaired) electrons. The molecule has 7 heteroatoms. The summed E-state index contributed by atoms with van der Waals surface area (Å²) in [5.74, 6) is -2.28. The van der Waals surface area contributed by atoms with Crippen LogP contribution in [-0.4, -0.2) is 31.1 Å². The predicted octanol–water partition coefficient (Wildman–Crippen LogP) is 2.11. The number of esters is 1. The van der Waals surface area contributed by atoms with Crippen LogP contribution in [0, 0.1) is 11.6 Å².